The molecule has 2 heterocycles. The minimum absolute atomic E-state index is 0.266. The van der Waals surface area contributed by atoms with Gasteiger partial charge in [0.15, 0.2) is 21.5 Å². The van der Waals surface area contributed by atoms with Gasteiger partial charge in [0.05, 0.1) is 29.0 Å². The Hall–Kier alpha value is -3.55. The van der Waals surface area contributed by atoms with Gasteiger partial charge in [0.25, 0.3) is 5.91 Å². The van der Waals surface area contributed by atoms with E-state index in [9.17, 15) is 26.4 Å². The number of hydrogen-bond acceptors (Lipinski definition) is 8. The summed E-state index contributed by atoms with van der Waals surface area (Å²) in [5.74, 6) is -1.08. The van der Waals surface area contributed by atoms with Gasteiger partial charge in [-0.15, -0.1) is 13.2 Å². The fraction of sp³-hybridized carbons (Fsp3) is 0.278. The van der Waals surface area contributed by atoms with Crippen molar-refractivity contribution in [2.24, 2.45) is 0 Å². The first-order valence-corrected chi connectivity index (χ1v) is 10.8. The number of ether oxygens (including phenoxy) is 1. The molecule has 3 aromatic rings. The zero-order chi connectivity index (χ0) is 23.7. The predicted octanol–water partition coefficient (Wildman–Crippen LogP) is 2.16. The molecule has 1 N–H and O–H groups in total. The van der Waals surface area contributed by atoms with Crippen molar-refractivity contribution in [1.29, 1.82) is 0 Å². The number of aromatic nitrogens is 5. The third-order valence-corrected chi connectivity index (χ3v) is 5.19. The molecular formula is C18H17F3N6O4S. The highest BCUT2D eigenvalue weighted by Gasteiger charge is 2.32. The summed E-state index contributed by atoms with van der Waals surface area (Å²) in [4.78, 5) is 24.6. The van der Waals surface area contributed by atoms with E-state index in [0.29, 0.717) is 17.6 Å². The van der Waals surface area contributed by atoms with Crippen molar-refractivity contribution < 1.29 is 31.1 Å². The van der Waals surface area contributed by atoms with Crippen LogP contribution in [-0.2, 0) is 9.84 Å². The summed E-state index contributed by atoms with van der Waals surface area (Å²) in [6.45, 7) is 3.32. The molecule has 1 aromatic carbocycles. The van der Waals surface area contributed by atoms with Crippen LogP contribution in [0.2, 0.25) is 0 Å². The van der Waals surface area contributed by atoms with Crippen LogP contribution in [0.15, 0.2) is 41.8 Å². The summed E-state index contributed by atoms with van der Waals surface area (Å²) in [6.07, 6.45) is -0.0574. The summed E-state index contributed by atoms with van der Waals surface area (Å²) in [7, 11) is -3.92. The highest BCUT2D eigenvalue weighted by atomic mass is 32.2. The van der Waals surface area contributed by atoms with Gasteiger partial charge in [0.1, 0.15) is 12.1 Å². The number of sulfone groups is 1. The molecule has 0 aliphatic rings. The average Bonchev–Trinajstić information content (AvgIpc) is 3.16. The normalized spacial score (nSPS) is 12.9. The molecule has 1 atom stereocenters. The molecule has 0 aliphatic heterocycles. The van der Waals surface area contributed by atoms with Crippen LogP contribution in [-0.4, -0.2) is 51.7 Å². The molecule has 10 nitrogen and oxygen atoms in total. The van der Waals surface area contributed by atoms with Crippen molar-refractivity contribution in [3.8, 4) is 11.6 Å². The monoisotopic (exact) mass is 470 g/mol. The number of amides is 1. The van der Waals surface area contributed by atoms with E-state index in [2.05, 4.69) is 30.1 Å². The zero-order valence-corrected chi connectivity index (χ0v) is 17.8. The van der Waals surface area contributed by atoms with Gasteiger partial charge in [0.2, 0.25) is 0 Å². The molecule has 0 unspecified atom stereocenters. The molecule has 0 radical (unpaired) electrons. The Labute approximate surface area is 180 Å². The molecule has 0 aliphatic carbocycles. The van der Waals surface area contributed by atoms with Gasteiger partial charge in [-0.3, -0.25) is 9.78 Å². The molecule has 0 saturated carbocycles. The quantitative estimate of drug-likeness (QED) is 0.580. The lowest BCUT2D eigenvalue weighted by Crippen LogP contribution is -2.29. The molecule has 1 amide bonds. The van der Waals surface area contributed by atoms with E-state index >= 15 is 0 Å². The molecule has 3 rings (SSSR count). The molecule has 0 bridgehead atoms. The van der Waals surface area contributed by atoms with Gasteiger partial charge < -0.3 is 10.1 Å². The maximum absolute atomic E-state index is 12.7. The Morgan fingerprint density at radius 3 is 2.47 bits per heavy atom. The lowest BCUT2D eigenvalue weighted by atomic mass is 10.2. The van der Waals surface area contributed by atoms with Crippen molar-refractivity contribution in [3.05, 3.63) is 54.0 Å². The topological polar surface area (TPSA) is 129 Å². The lowest BCUT2D eigenvalue weighted by Gasteiger charge is -2.16. The number of nitrogens with one attached hydrogen (secondary N) is 1. The van der Waals surface area contributed by atoms with E-state index in [4.69, 9.17) is 0 Å². The average molecular weight is 470 g/mol. The van der Waals surface area contributed by atoms with Gasteiger partial charge in [-0.2, -0.15) is 9.78 Å². The van der Waals surface area contributed by atoms with Crippen molar-refractivity contribution >= 4 is 15.7 Å². The van der Waals surface area contributed by atoms with Crippen LogP contribution in [0.5, 0.6) is 5.75 Å². The van der Waals surface area contributed by atoms with Gasteiger partial charge in [-0.1, -0.05) is 0 Å². The smallest absolute Gasteiger partial charge is 0.406 e. The minimum Gasteiger partial charge on any atom is -0.406 e. The second-order valence-electron chi connectivity index (χ2n) is 6.75. The second-order valence-corrected chi connectivity index (χ2v) is 8.77. The summed E-state index contributed by atoms with van der Waals surface area (Å²) in [5.41, 5.74) is 0.333. The van der Waals surface area contributed by atoms with Gasteiger partial charge >= 0.3 is 6.36 Å². The molecule has 170 valence electrons. The van der Waals surface area contributed by atoms with Gasteiger partial charge in [-0.05, 0) is 32.0 Å². The summed E-state index contributed by atoms with van der Waals surface area (Å²) in [6, 6.07) is 1.66. The van der Waals surface area contributed by atoms with Crippen LogP contribution in [0, 0.1) is 6.92 Å². The Morgan fingerprint density at radius 2 is 1.88 bits per heavy atom. The van der Waals surface area contributed by atoms with Crippen molar-refractivity contribution in [1.82, 2.24) is 30.0 Å². The Bertz CT molecular complexity index is 1240. The fourth-order valence-corrected chi connectivity index (χ4v) is 3.34. The van der Waals surface area contributed by atoms with E-state index in [1.54, 1.807) is 13.8 Å². The standard InChI is InChI=1S/C18H17F3N6O4S/c1-10-7-23-15(8-22-10)27-16(24-9-25-27)11(2)26-17(28)12-4-13(31-18(19,20)21)6-14(5-12)32(3,29)30/h4-9,11H,1-3H3,(H,26,28)/t11-/m0/s1. The van der Waals surface area contributed by atoms with Crippen LogP contribution in [0.4, 0.5) is 13.2 Å². The summed E-state index contributed by atoms with van der Waals surface area (Å²) in [5, 5.41) is 6.59. The van der Waals surface area contributed by atoms with E-state index < -0.39 is 38.8 Å². The van der Waals surface area contributed by atoms with Gasteiger partial charge in [-0.25, -0.2) is 18.4 Å². The Kier molecular flexibility index (Phi) is 6.16. The SMILES string of the molecule is Cc1cnc(-n2ncnc2[C@H](C)NC(=O)c2cc(OC(F)(F)F)cc(S(C)(=O)=O)c2)cn1. The lowest BCUT2D eigenvalue weighted by molar-refractivity contribution is -0.274. The number of benzene rings is 1. The van der Waals surface area contributed by atoms with E-state index in [-0.39, 0.29) is 11.4 Å². The van der Waals surface area contributed by atoms with Crippen molar-refractivity contribution in [2.45, 2.75) is 31.1 Å². The van der Waals surface area contributed by atoms with E-state index in [1.807, 2.05) is 0 Å². The second kappa shape index (κ2) is 8.53. The molecule has 0 spiro atoms. The minimum atomic E-state index is -5.07. The number of hydrogen-bond donors (Lipinski definition) is 1. The Balaban J connectivity index is 1.90. The maximum Gasteiger partial charge on any atom is 0.573 e. The highest BCUT2D eigenvalue weighted by Crippen LogP contribution is 2.27. The number of nitrogens with zero attached hydrogens (tertiary/aromatic N) is 5. The number of halogens is 3. The number of rotatable bonds is 6. The molecule has 0 saturated heterocycles. The van der Waals surface area contributed by atoms with Crippen LogP contribution in [0.3, 0.4) is 0 Å². The predicted molar refractivity (Wildman–Crippen MR) is 104 cm³/mol. The Morgan fingerprint density at radius 1 is 1.16 bits per heavy atom. The number of carbonyl (C=O) groups is 1. The fourth-order valence-electron chi connectivity index (χ4n) is 2.67. The largest absolute Gasteiger partial charge is 0.573 e. The highest BCUT2D eigenvalue weighted by molar-refractivity contribution is 7.90. The van der Waals surface area contributed by atoms with E-state index in [0.717, 1.165) is 18.4 Å². The number of aryl methyl sites for hydroxylation is 1. The first-order valence-electron chi connectivity index (χ1n) is 8.94. The summed E-state index contributed by atoms with van der Waals surface area (Å²) < 4.78 is 66.7. The first kappa shape index (κ1) is 23.1. The molecule has 0 fully saturated rings. The van der Waals surface area contributed by atoms with Crippen molar-refractivity contribution in [3.63, 3.8) is 0 Å². The van der Waals surface area contributed by atoms with Crippen LogP contribution in [0.25, 0.3) is 5.82 Å². The first-order chi connectivity index (χ1) is 14.8. The molecule has 14 heteroatoms. The number of carbonyl (C=O) groups excluding carboxylic acids is 1. The van der Waals surface area contributed by atoms with Crippen molar-refractivity contribution in [2.75, 3.05) is 6.26 Å². The maximum atomic E-state index is 12.7. The van der Waals surface area contributed by atoms with Gasteiger partial charge in [0, 0.05) is 11.8 Å². The summed E-state index contributed by atoms with van der Waals surface area (Å²) >= 11 is 0. The third kappa shape index (κ3) is 5.57. The zero-order valence-electron chi connectivity index (χ0n) is 17.0. The molecule has 32 heavy (non-hydrogen) atoms. The molecule has 2 aromatic heterocycles. The van der Waals surface area contributed by atoms with Crippen LogP contribution < -0.4 is 10.1 Å². The molecular weight excluding hydrogens is 453 g/mol. The third-order valence-electron chi connectivity index (χ3n) is 4.10. The number of alkyl halides is 3. The van der Waals surface area contributed by atoms with Crippen LogP contribution in [0.1, 0.15) is 34.8 Å². The van der Waals surface area contributed by atoms with Crippen LogP contribution >= 0.6 is 0 Å². The van der Waals surface area contributed by atoms with E-state index in [1.165, 1.54) is 23.4 Å².